The van der Waals surface area contributed by atoms with Crippen molar-refractivity contribution in [2.45, 2.75) is 12.3 Å². The van der Waals surface area contributed by atoms with Crippen molar-refractivity contribution in [3.63, 3.8) is 0 Å². The molecule has 1 aliphatic carbocycles. The molecule has 1 N–H and O–H groups in total. The van der Waals surface area contributed by atoms with Gasteiger partial charge in [-0.25, -0.2) is 4.98 Å². The van der Waals surface area contributed by atoms with Crippen LogP contribution >= 0.6 is 11.3 Å². The first-order chi connectivity index (χ1) is 5.29. The summed E-state index contributed by atoms with van der Waals surface area (Å²) in [5.41, 5.74) is 2.69. The topological polar surface area (TPSA) is 50.2 Å². The van der Waals surface area contributed by atoms with Crippen LogP contribution in [0, 0.1) is 5.92 Å². The number of aromatic nitrogens is 1. The quantitative estimate of drug-likeness (QED) is 0.726. The highest BCUT2D eigenvalue weighted by molar-refractivity contribution is 7.07. The lowest BCUT2D eigenvalue weighted by Gasteiger charge is -1.88. The van der Waals surface area contributed by atoms with E-state index in [1.807, 2.05) is 5.38 Å². The minimum atomic E-state index is -0.692. The fourth-order valence-corrected chi connectivity index (χ4v) is 1.82. The van der Waals surface area contributed by atoms with Crippen LogP contribution in [-0.4, -0.2) is 16.1 Å². The molecule has 0 saturated heterocycles. The molecular weight excluding hydrogens is 162 g/mol. The lowest BCUT2D eigenvalue weighted by molar-refractivity contribution is -0.138. The smallest absolute Gasteiger partial charge is 0.307 e. The standard InChI is InChI=1S/C7H7NO2S/c9-7(10)5-1-4(5)6-2-11-3-8-6/h2-5H,1H2,(H,9,10)/t4?,5-/m0/s1. The van der Waals surface area contributed by atoms with Gasteiger partial charge in [0.25, 0.3) is 0 Å². The first-order valence-electron chi connectivity index (χ1n) is 3.40. The molecule has 0 bridgehead atoms. The maximum atomic E-state index is 10.4. The van der Waals surface area contributed by atoms with E-state index in [1.54, 1.807) is 5.51 Å². The molecule has 2 rings (SSSR count). The zero-order valence-corrected chi connectivity index (χ0v) is 6.54. The number of hydrogen-bond donors (Lipinski definition) is 1. The monoisotopic (exact) mass is 169 g/mol. The Hall–Kier alpha value is -0.900. The predicted octanol–water partition coefficient (Wildman–Crippen LogP) is 1.33. The molecule has 1 aromatic rings. The van der Waals surface area contributed by atoms with E-state index in [2.05, 4.69) is 4.98 Å². The molecular formula is C7H7NO2S. The molecule has 1 fully saturated rings. The summed E-state index contributed by atoms with van der Waals surface area (Å²) in [6.45, 7) is 0. The van der Waals surface area contributed by atoms with Crippen molar-refractivity contribution in [1.82, 2.24) is 4.98 Å². The summed E-state index contributed by atoms with van der Waals surface area (Å²) >= 11 is 1.52. The summed E-state index contributed by atoms with van der Waals surface area (Å²) < 4.78 is 0. The summed E-state index contributed by atoms with van der Waals surface area (Å²) in [6.07, 6.45) is 0.763. The average molecular weight is 169 g/mol. The molecule has 3 nitrogen and oxygen atoms in total. The van der Waals surface area contributed by atoms with Crippen LogP contribution in [0.2, 0.25) is 0 Å². The second-order valence-corrected chi connectivity index (χ2v) is 3.42. The second kappa shape index (κ2) is 2.30. The van der Waals surface area contributed by atoms with Crippen molar-refractivity contribution >= 4 is 17.3 Å². The summed E-state index contributed by atoms with van der Waals surface area (Å²) in [7, 11) is 0. The van der Waals surface area contributed by atoms with Gasteiger partial charge in [-0.2, -0.15) is 0 Å². The van der Waals surface area contributed by atoms with Crippen LogP contribution in [0.3, 0.4) is 0 Å². The molecule has 0 radical (unpaired) electrons. The van der Waals surface area contributed by atoms with Crippen molar-refractivity contribution < 1.29 is 9.90 Å². The molecule has 1 aliphatic rings. The van der Waals surface area contributed by atoms with Crippen LogP contribution < -0.4 is 0 Å². The van der Waals surface area contributed by atoms with Crippen LogP contribution in [0.1, 0.15) is 18.0 Å². The van der Waals surface area contributed by atoms with Crippen molar-refractivity contribution in [2.75, 3.05) is 0 Å². The first-order valence-corrected chi connectivity index (χ1v) is 4.34. The molecule has 0 amide bonds. The molecule has 0 spiro atoms. The van der Waals surface area contributed by atoms with Crippen LogP contribution in [0.5, 0.6) is 0 Å². The highest BCUT2D eigenvalue weighted by atomic mass is 32.1. The summed E-state index contributed by atoms with van der Waals surface area (Å²) in [5.74, 6) is -0.668. The fourth-order valence-electron chi connectivity index (χ4n) is 1.20. The number of nitrogens with zero attached hydrogens (tertiary/aromatic N) is 1. The van der Waals surface area contributed by atoms with E-state index in [-0.39, 0.29) is 11.8 Å². The van der Waals surface area contributed by atoms with Gasteiger partial charge in [0, 0.05) is 11.3 Å². The molecule has 4 heteroatoms. The molecule has 1 unspecified atom stereocenters. The number of hydrogen-bond acceptors (Lipinski definition) is 3. The fraction of sp³-hybridized carbons (Fsp3) is 0.429. The zero-order chi connectivity index (χ0) is 7.84. The molecule has 1 heterocycles. The number of carbonyl (C=O) groups is 1. The van der Waals surface area contributed by atoms with E-state index in [9.17, 15) is 4.79 Å². The van der Waals surface area contributed by atoms with Crippen molar-refractivity contribution in [3.05, 3.63) is 16.6 Å². The van der Waals surface area contributed by atoms with Crippen molar-refractivity contribution in [1.29, 1.82) is 0 Å². The van der Waals surface area contributed by atoms with Gasteiger partial charge in [-0.3, -0.25) is 4.79 Å². The lowest BCUT2D eigenvalue weighted by atomic mass is 10.2. The molecule has 1 aromatic heterocycles. The van der Waals surface area contributed by atoms with Gasteiger partial charge in [0.2, 0.25) is 0 Å². The predicted molar refractivity (Wildman–Crippen MR) is 40.6 cm³/mol. The van der Waals surface area contributed by atoms with Gasteiger partial charge in [0.15, 0.2) is 0 Å². The minimum Gasteiger partial charge on any atom is -0.481 e. The Morgan fingerprint density at radius 1 is 1.82 bits per heavy atom. The summed E-state index contributed by atoms with van der Waals surface area (Å²) in [5, 5.41) is 10.5. The maximum absolute atomic E-state index is 10.4. The molecule has 2 atom stereocenters. The number of rotatable bonds is 2. The molecule has 0 aromatic carbocycles. The van der Waals surface area contributed by atoms with Gasteiger partial charge in [-0.15, -0.1) is 11.3 Å². The van der Waals surface area contributed by atoms with Crippen LogP contribution in [0.25, 0.3) is 0 Å². The minimum absolute atomic E-state index is 0.169. The highest BCUT2D eigenvalue weighted by Crippen LogP contribution is 2.47. The van der Waals surface area contributed by atoms with Crippen molar-refractivity contribution in [2.24, 2.45) is 5.92 Å². The van der Waals surface area contributed by atoms with Crippen molar-refractivity contribution in [3.8, 4) is 0 Å². The summed E-state index contributed by atoms with van der Waals surface area (Å²) in [4.78, 5) is 14.5. The number of carboxylic acid groups (broad SMARTS) is 1. The Morgan fingerprint density at radius 3 is 3.09 bits per heavy atom. The largest absolute Gasteiger partial charge is 0.481 e. The van der Waals surface area contributed by atoms with Crippen LogP contribution in [0.4, 0.5) is 0 Å². The van der Waals surface area contributed by atoms with Gasteiger partial charge in [0.05, 0.1) is 17.1 Å². The van der Waals surface area contributed by atoms with E-state index in [0.29, 0.717) is 0 Å². The van der Waals surface area contributed by atoms with Gasteiger partial charge in [-0.05, 0) is 6.42 Å². The van der Waals surface area contributed by atoms with Crippen LogP contribution in [-0.2, 0) is 4.79 Å². The Kier molecular flexibility index (Phi) is 1.42. The van der Waals surface area contributed by atoms with E-state index < -0.39 is 5.97 Å². The normalized spacial score (nSPS) is 28.4. The first kappa shape index (κ1) is 6.79. The van der Waals surface area contributed by atoms with E-state index in [0.717, 1.165) is 12.1 Å². The van der Waals surface area contributed by atoms with Gasteiger partial charge < -0.3 is 5.11 Å². The Morgan fingerprint density at radius 2 is 2.64 bits per heavy atom. The third-order valence-electron chi connectivity index (χ3n) is 1.94. The Bertz CT molecular complexity index is 270. The Balaban J connectivity index is 2.08. The van der Waals surface area contributed by atoms with E-state index in [4.69, 9.17) is 5.11 Å². The average Bonchev–Trinajstić information content (AvgIpc) is 2.60. The van der Waals surface area contributed by atoms with Gasteiger partial charge >= 0.3 is 5.97 Å². The molecule has 0 aliphatic heterocycles. The van der Waals surface area contributed by atoms with E-state index in [1.165, 1.54) is 11.3 Å². The van der Waals surface area contributed by atoms with E-state index >= 15 is 0 Å². The summed E-state index contributed by atoms with van der Waals surface area (Å²) in [6, 6.07) is 0. The third-order valence-corrected chi connectivity index (χ3v) is 2.54. The second-order valence-electron chi connectivity index (χ2n) is 2.70. The maximum Gasteiger partial charge on any atom is 0.307 e. The number of thiazole rings is 1. The van der Waals surface area contributed by atoms with Gasteiger partial charge in [-0.1, -0.05) is 0 Å². The Labute approximate surface area is 67.7 Å². The lowest BCUT2D eigenvalue weighted by Crippen LogP contribution is -1.98. The zero-order valence-electron chi connectivity index (χ0n) is 5.73. The number of carboxylic acids is 1. The molecule has 1 saturated carbocycles. The molecule has 11 heavy (non-hydrogen) atoms. The number of aliphatic carboxylic acids is 1. The van der Waals surface area contributed by atoms with Crippen LogP contribution in [0.15, 0.2) is 10.9 Å². The van der Waals surface area contributed by atoms with Gasteiger partial charge in [0.1, 0.15) is 0 Å². The third kappa shape index (κ3) is 1.14. The highest BCUT2D eigenvalue weighted by Gasteiger charge is 2.45. The molecule has 58 valence electrons. The SMILES string of the molecule is O=C(O)[C@H]1CC1c1cscn1.